The lowest BCUT2D eigenvalue weighted by atomic mass is 10.2. The number of benzene rings is 1. The van der Waals surface area contributed by atoms with Crippen LogP contribution in [-0.4, -0.2) is 36.9 Å². The zero-order valence-electron chi connectivity index (χ0n) is 10.5. The van der Waals surface area contributed by atoms with Crippen molar-refractivity contribution in [2.24, 2.45) is 4.99 Å². The highest BCUT2D eigenvalue weighted by Gasteiger charge is 2.11. The highest BCUT2D eigenvalue weighted by atomic mass is 16.5. The number of hydrogen-bond acceptors (Lipinski definition) is 5. The second kappa shape index (κ2) is 6.26. The molecule has 5 heteroatoms. The first-order valence-electron chi connectivity index (χ1n) is 6.15. The Kier molecular flexibility index (Phi) is 4.41. The molecule has 0 amide bonds. The van der Waals surface area contributed by atoms with Gasteiger partial charge in [-0.15, -0.1) is 0 Å². The van der Waals surface area contributed by atoms with Gasteiger partial charge in [0.1, 0.15) is 12.4 Å². The smallest absolute Gasteiger partial charge is 0.191 e. The van der Waals surface area contributed by atoms with Gasteiger partial charge in [-0.3, -0.25) is 4.99 Å². The van der Waals surface area contributed by atoms with Crippen molar-refractivity contribution < 1.29 is 9.84 Å². The van der Waals surface area contributed by atoms with Gasteiger partial charge in [-0.2, -0.15) is 0 Å². The van der Waals surface area contributed by atoms with E-state index in [-0.39, 0.29) is 6.61 Å². The Labute approximate surface area is 107 Å². The first kappa shape index (κ1) is 12.7. The Morgan fingerprint density at radius 3 is 2.83 bits per heavy atom. The fraction of sp³-hybridized carbons (Fsp3) is 0.462. The van der Waals surface area contributed by atoms with E-state index in [9.17, 15) is 0 Å². The summed E-state index contributed by atoms with van der Waals surface area (Å²) in [5.41, 5.74) is 1.16. The van der Waals surface area contributed by atoms with Crippen molar-refractivity contribution in [1.82, 2.24) is 10.6 Å². The third-order valence-corrected chi connectivity index (χ3v) is 2.65. The number of hydrogen-bond donors (Lipinski definition) is 3. The normalized spacial score (nSPS) is 18.1. The number of nitrogens with one attached hydrogen (secondary N) is 2. The van der Waals surface area contributed by atoms with Gasteiger partial charge in [0, 0.05) is 12.6 Å². The van der Waals surface area contributed by atoms with E-state index in [1.165, 1.54) is 0 Å². The van der Waals surface area contributed by atoms with Gasteiger partial charge in [-0.05, 0) is 24.6 Å². The van der Waals surface area contributed by atoms with E-state index in [4.69, 9.17) is 9.84 Å². The predicted octanol–water partition coefficient (Wildman–Crippen LogP) is 0.495. The SMILES string of the molecule is CC1CN=C(NCc2ccc(OCCO)cc2)N1. The molecule has 1 atom stereocenters. The Hall–Kier alpha value is -1.75. The van der Waals surface area contributed by atoms with Crippen molar-refractivity contribution in [2.75, 3.05) is 19.8 Å². The molecule has 1 aliphatic heterocycles. The molecule has 1 aromatic carbocycles. The van der Waals surface area contributed by atoms with Crippen LogP contribution in [0.1, 0.15) is 12.5 Å². The molecule has 1 aromatic rings. The first-order chi connectivity index (χ1) is 8.78. The van der Waals surface area contributed by atoms with Crippen LogP contribution in [0.2, 0.25) is 0 Å². The molecule has 0 radical (unpaired) electrons. The largest absolute Gasteiger partial charge is 0.491 e. The fourth-order valence-corrected chi connectivity index (χ4v) is 1.71. The third-order valence-electron chi connectivity index (χ3n) is 2.65. The van der Waals surface area contributed by atoms with Crippen molar-refractivity contribution in [3.05, 3.63) is 29.8 Å². The van der Waals surface area contributed by atoms with Crippen molar-refractivity contribution in [1.29, 1.82) is 0 Å². The molecule has 0 spiro atoms. The number of aliphatic hydroxyl groups is 1. The molecule has 3 N–H and O–H groups in total. The van der Waals surface area contributed by atoms with E-state index in [2.05, 4.69) is 22.5 Å². The molecule has 1 heterocycles. The minimum absolute atomic E-state index is 0.0347. The quantitative estimate of drug-likeness (QED) is 0.711. The van der Waals surface area contributed by atoms with Crippen LogP contribution in [-0.2, 0) is 6.54 Å². The second-order valence-electron chi connectivity index (χ2n) is 4.30. The summed E-state index contributed by atoms with van der Waals surface area (Å²) < 4.78 is 5.30. The summed E-state index contributed by atoms with van der Waals surface area (Å²) in [5, 5.41) is 15.2. The third kappa shape index (κ3) is 3.63. The van der Waals surface area contributed by atoms with Crippen LogP contribution >= 0.6 is 0 Å². The predicted molar refractivity (Wildman–Crippen MR) is 70.8 cm³/mol. The molecule has 0 saturated carbocycles. The van der Waals surface area contributed by atoms with E-state index in [0.717, 1.165) is 30.4 Å². The molecule has 0 saturated heterocycles. The minimum Gasteiger partial charge on any atom is -0.491 e. The lowest BCUT2D eigenvalue weighted by molar-refractivity contribution is 0.201. The van der Waals surface area contributed by atoms with Crippen LogP contribution in [0.5, 0.6) is 5.75 Å². The van der Waals surface area contributed by atoms with Crippen LogP contribution in [0.4, 0.5) is 0 Å². The topological polar surface area (TPSA) is 65.9 Å². The summed E-state index contributed by atoms with van der Waals surface area (Å²) in [5.74, 6) is 1.64. The molecule has 5 nitrogen and oxygen atoms in total. The van der Waals surface area contributed by atoms with Gasteiger partial charge in [0.05, 0.1) is 13.2 Å². The Balaban J connectivity index is 1.79. The zero-order chi connectivity index (χ0) is 12.8. The lowest BCUT2D eigenvalue weighted by Crippen LogP contribution is -2.37. The number of guanidine groups is 1. The summed E-state index contributed by atoms with van der Waals surface area (Å²) in [4.78, 5) is 4.33. The Bertz CT molecular complexity index is 403. The van der Waals surface area contributed by atoms with Gasteiger partial charge in [-0.25, -0.2) is 0 Å². The second-order valence-corrected chi connectivity index (χ2v) is 4.30. The van der Waals surface area contributed by atoms with Gasteiger partial charge in [-0.1, -0.05) is 12.1 Å². The van der Waals surface area contributed by atoms with Crippen LogP contribution in [0.3, 0.4) is 0 Å². The van der Waals surface area contributed by atoms with E-state index in [1.807, 2.05) is 24.3 Å². The van der Waals surface area contributed by atoms with Gasteiger partial charge in [0.15, 0.2) is 5.96 Å². The van der Waals surface area contributed by atoms with Gasteiger partial charge < -0.3 is 20.5 Å². The summed E-state index contributed by atoms with van der Waals surface area (Å²) in [6, 6.07) is 8.22. The average Bonchev–Trinajstić information content (AvgIpc) is 2.81. The Morgan fingerprint density at radius 2 is 2.22 bits per heavy atom. The first-order valence-corrected chi connectivity index (χ1v) is 6.15. The maximum absolute atomic E-state index is 8.65. The molecule has 0 fully saturated rings. The van der Waals surface area contributed by atoms with E-state index < -0.39 is 0 Å². The number of aliphatic hydroxyl groups excluding tert-OH is 1. The summed E-state index contributed by atoms with van der Waals surface area (Å²) in [6.45, 7) is 4.03. The molecule has 1 aliphatic rings. The monoisotopic (exact) mass is 249 g/mol. The van der Waals surface area contributed by atoms with Crippen molar-refractivity contribution in [3.8, 4) is 5.75 Å². The lowest BCUT2D eigenvalue weighted by Gasteiger charge is -2.09. The molecule has 1 unspecified atom stereocenters. The molecule has 2 rings (SSSR count). The van der Waals surface area contributed by atoms with Crippen LogP contribution in [0.15, 0.2) is 29.3 Å². The molecule has 0 aliphatic carbocycles. The summed E-state index contributed by atoms with van der Waals surface area (Å²) in [7, 11) is 0. The summed E-state index contributed by atoms with van der Waals surface area (Å²) >= 11 is 0. The van der Waals surface area contributed by atoms with E-state index in [1.54, 1.807) is 0 Å². The maximum Gasteiger partial charge on any atom is 0.191 e. The van der Waals surface area contributed by atoms with E-state index >= 15 is 0 Å². The fourth-order valence-electron chi connectivity index (χ4n) is 1.71. The Morgan fingerprint density at radius 1 is 1.44 bits per heavy atom. The van der Waals surface area contributed by atoms with Gasteiger partial charge in [0.25, 0.3) is 0 Å². The van der Waals surface area contributed by atoms with E-state index in [0.29, 0.717) is 12.6 Å². The van der Waals surface area contributed by atoms with Gasteiger partial charge in [0.2, 0.25) is 0 Å². The number of aliphatic imine (C=N–C) groups is 1. The highest BCUT2D eigenvalue weighted by molar-refractivity contribution is 5.81. The van der Waals surface area contributed by atoms with Crippen LogP contribution in [0.25, 0.3) is 0 Å². The molecular weight excluding hydrogens is 230 g/mol. The van der Waals surface area contributed by atoms with Gasteiger partial charge >= 0.3 is 0 Å². The molecule has 18 heavy (non-hydrogen) atoms. The molecule has 98 valence electrons. The highest BCUT2D eigenvalue weighted by Crippen LogP contribution is 2.11. The number of ether oxygens (including phenoxy) is 1. The van der Waals surface area contributed by atoms with Crippen LogP contribution < -0.4 is 15.4 Å². The zero-order valence-corrected chi connectivity index (χ0v) is 10.5. The minimum atomic E-state index is 0.0347. The van der Waals surface area contributed by atoms with Crippen molar-refractivity contribution >= 4 is 5.96 Å². The molecule has 0 bridgehead atoms. The number of rotatable bonds is 5. The molecular formula is C13H19N3O2. The van der Waals surface area contributed by atoms with Crippen molar-refractivity contribution in [2.45, 2.75) is 19.5 Å². The summed E-state index contributed by atoms with van der Waals surface area (Å²) in [6.07, 6.45) is 0. The standard InChI is InChI=1S/C13H19N3O2/c1-10-8-14-13(16-10)15-9-11-2-4-12(5-3-11)18-7-6-17/h2-5,10,17H,6-9H2,1H3,(H2,14,15,16). The average molecular weight is 249 g/mol. The maximum atomic E-state index is 8.65. The van der Waals surface area contributed by atoms with Crippen LogP contribution in [0, 0.1) is 0 Å². The molecule has 0 aromatic heterocycles. The van der Waals surface area contributed by atoms with Crippen molar-refractivity contribution in [3.63, 3.8) is 0 Å². The number of nitrogens with zero attached hydrogens (tertiary/aromatic N) is 1.